The van der Waals surface area contributed by atoms with E-state index in [0.29, 0.717) is 28.9 Å². The largest absolute Gasteiger partial charge is 0.478 e. The van der Waals surface area contributed by atoms with Crippen molar-refractivity contribution in [2.24, 2.45) is 0 Å². The summed E-state index contributed by atoms with van der Waals surface area (Å²) < 4.78 is 63.5. The zero-order valence-corrected chi connectivity index (χ0v) is 18.6. The molecule has 2 heterocycles. The molecule has 1 aliphatic rings. The molecule has 0 unspecified atom stereocenters. The van der Waals surface area contributed by atoms with Crippen LogP contribution in [0.25, 0.3) is 11.0 Å². The van der Waals surface area contributed by atoms with E-state index in [0.717, 1.165) is 6.42 Å². The maximum atomic E-state index is 13.9. The molecule has 0 bridgehead atoms. The number of ether oxygens (including phenoxy) is 3. The van der Waals surface area contributed by atoms with Crippen LogP contribution in [0.15, 0.2) is 50.1 Å². The van der Waals surface area contributed by atoms with Crippen LogP contribution in [0.5, 0.6) is 17.2 Å². The third-order valence-corrected chi connectivity index (χ3v) is 5.65. The van der Waals surface area contributed by atoms with E-state index in [9.17, 15) is 18.0 Å². The lowest BCUT2D eigenvalue weighted by molar-refractivity contribution is -0.154. The number of halogens is 4. The fraction of sp³-hybridized carbons (Fsp3) is 0.318. The quantitative estimate of drug-likeness (QED) is 0.402. The molecule has 1 aliphatic heterocycles. The van der Waals surface area contributed by atoms with Crippen molar-refractivity contribution in [2.75, 3.05) is 27.0 Å². The van der Waals surface area contributed by atoms with Crippen LogP contribution in [-0.2, 0) is 17.5 Å². The first-order chi connectivity index (χ1) is 15.3. The van der Waals surface area contributed by atoms with E-state index in [1.807, 2.05) is 4.90 Å². The number of rotatable bonds is 6. The Hall–Kier alpha value is -2.56. The van der Waals surface area contributed by atoms with Crippen LogP contribution in [0.3, 0.4) is 0 Å². The van der Waals surface area contributed by atoms with Gasteiger partial charge in [-0.25, -0.2) is 0 Å². The molecule has 1 aromatic heterocycles. The van der Waals surface area contributed by atoms with Gasteiger partial charge in [0.25, 0.3) is 5.76 Å². The van der Waals surface area contributed by atoms with Crippen molar-refractivity contribution in [3.05, 3.63) is 62.4 Å². The summed E-state index contributed by atoms with van der Waals surface area (Å²) in [5.41, 5.74) is -0.675. The first-order valence-corrected chi connectivity index (χ1v) is 10.5. The van der Waals surface area contributed by atoms with Gasteiger partial charge in [0.1, 0.15) is 23.8 Å². The lowest BCUT2D eigenvalue weighted by atomic mass is 10.1. The average Bonchev–Trinajstić information content (AvgIpc) is 2.76. The summed E-state index contributed by atoms with van der Waals surface area (Å²) in [5, 5.41) is -0.0128. The van der Waals surface area contributed by atoms with Crippen molar-refractivity contribution in [3.8, 4) is 17.2 Å². The first-order valence-electron chi connectivity index (χ1n) is 9.76. The summed E-state index contributed by atoms with van der Waals surface area (Å²) in [6.07, 6.45) is -4.22. The Balaban J connectivity index is 1.83. The molecule has 0 saturated carbocycles. The topological polar surface area (TPSA) is 61.1 Å². The summed E-state index contributed by atoms with van der Waals surface area (Å²) in [7, 11) is 1.59. The number of hydrogen-bond acceptors (Lipinski definition) is 6. The molecular formula is C22H19BrF3NO5. The molecule has 0 atom stereocenters. The molecule has 4 rings (SSSR count). The minimum atomic E-state index is -4.94. The number of para-hydroxylation sites is 1. The average molecular weight is 514 g/mol. The van der Waals surface area contributed by atoms with Gasteiger partial charge in [-0.15, -0.1) is 0 Å². The van der Waals surface area contributed by atoms with Gasteiger partial charge in [-0.1, -0.05) is 12.1 Å². The van der Waals surface area contributed by atoms with Crippen molar-refractivity contribution in [1.82, 2.24) is 4.90 Å². The molecule has 0 spiro atoms. The number of fused-ring (bicyclic) bond motifs is 3. The van der Waals surface area contributed by atoms with E-state index in [1.165, 1.54) is 12.1 Å². The highest BCUT2D eigenvalue weighted by Gasteiger charge is 2.41. The molecule has 0 radical (unpaired) electrons. The minimum Gasteiger partial charge on any atom is -0.478 e. The highest BCUT2D eigenvalue weighted by Crippen LogP contribution is 2.41. The van der Waals surface area contributed by atoms with Gasteiger partial charge in [0.2, 0.25) is 11.2 Å². The number of hydrogen-bond donors (Lipinski definition) is 0. The van der Waals surface area contributed by atoms with Crippen LogP contribution in [0, 0.1) is 0 Å². The second kappa shape index (κ2) is 9.13. The van der Waals surface area contributed by atoms with Crippen molar-refractivity contribution in [2.45, 2.75) is 19.1 Å². The fourth-order valence-electron chi connectivity index (χ4n) is 3.49. The smallest absolute Gasteiger partial charge is 0.453 e. The highest BCUT2D eigenvalue weighted by atomic mass is 79.9. The number of methoxy groups -OCH3 is 1. The summed E-state index contributed by atoms with van der Waals surface area (Å²) in [6.45, 7) is 1.72. The zero-order valence-electron chi connectivity index (χ0n) is 17.0. The van der Waals surface area contributed by atoms with Crippen LogP contribution in [0.2, 0.25) is 0 Å². The Bertz CT molecular complexity index is 1190. The summed E-state index contributed by atoms with van der Waals surface area (Å²) >= 11 is 3.21. The van der Waals surface area contributed by atoms with Crippen LogP contribution in [0.1, 0.15) is 17.7 Å². The zero-order chi connectivity index (χ0) is 22.9. The van der Waals surface area contributed by atoms with Gasteiger partial charge in [-0.2, -0.15) is 13.2 Å². The molecule has 0 fully saturated rings. The van der Waals surface area contributed by atoms with Gasteiger partial charge in [0.05, 0.1) is 15.4 Å². The monoisotopic (exact) mass is 513 g/mol. The summed E-state index contributed by atoms with van der Waals surface area (Å²) in [4.78, 5) is 15.0. The lowest BCUT2D eigenvalue weighted by Gasteiger charge is -2.29. The van der Waals surface area contributed by atoms with Crippen molar-refractivity contribution < 1.29 is 31.8 Å². The lowest BCUT2D eigenvalue weighted by Crippen LogP contribution is -2.33. The predicted molar refractivity (Wildman–Crippen MR) is 114 cm³/mol. The van der Waals surface area contributed by atoms with Gasteiger partial charge in [-0.05, 0) is 46.6 Å². The van der Waals surface area contributed by atoms with Crippen LogP contribution in [0.4, 0.5) is 13.2 Å². The predicted octanol–water partition coefficient (Wildman–Crippen LogP) is 5.56. The molecule has 0 amide bonds. The molecule has 6 nitrogen and oxygen atoms in total. The van der Waals surface area contributed by atoms with Crippen molar-refractivity contribution in [3.63, 3.8) is 0 Å². The number of alkyl halides is 3. The molecule has 2 aromatic carbocycles. The third kappa shape index (κ3) is 4.48. The van der Waals surface area contributed by atoms with E-state index < -0.39 is 23.1 Å². The Morgan fingerprint density at radius 1 is 1.19 bits per heavy atom. The van der Waals surface area contributed by atoms with Crippen molar-refractivity contribution >= 4 is 26.9 Å². The van der Waals surface area contributed by atoms with E-state index >= 15 is 0 Å². The molecular weight excluding hydrogens is 495 g/mol. The summed E-state index contributed by atoms with van der Waals surface area (Å²) in [6, 6.07) is 9.27. The molecule has 32 heavy (non-hydrogen) atoms. The normalized spacial score (nSPS) is 14.3. The van der Waals surface area contributed by atoms with Gasteiger partial charge < -0.3 is 18.6 Å². The molecule has 170 valence electrons. The second-order valence-electron chi connectivity index (χ2n) is 7.21. The highest BCUT2D eigenvalue weighted by molar-refractivity contribution is 9.10. The maximum Gasteiger partial charge on any atom is 0.453 e. The Morgan fingerprint density at radius 3 is 2.69 bits per heavy atom. The second-order valence-corrected chi connectivity index (χ2v) is 8.07. The molecule has 0 N–H and O–H groups in total. The SMILES string of the molecule is COCCCN1COc2ccc3c(=O)c(Oc4ccccc4Br)c(C(F)(F)F)oc3c2C1. The number of nitrogens with zero attached hydrogens (tertiary/aromatic N) is 1. The standard InChI is InChI=1S/C22H19BrF3NO5/c1-29-10-4-9-27-11-14-16(30-12-27)8-7-13-18(28)20(21(22(24,25)26)32-19(13)14)31-17-6-3-2-5-15(17)23/h2-3,5-8H,4,9-12H2,1H3. The van der Waals surface area contributed by atoms with Gasteiger partial charge in [-0.3, -0.25) is 9.69 Å². The Labute approximate surface area is 189 Å². The molecule has 10 heteroatoms. The van der Waals surface area contributed by atoms with Crippen LogP contribution in [-0.4, -0.2) is 31.9 Å². The van der Waals surface area contributed by atoms with Crippen LogP contribution >= 0.6 is 15.9 Å². The molecule has 0 saturated heterocycles. The van der Waals surface area contributed by atoms with Crippen LogP contribution < -0.4 is 14.9 Å². The van der Waals surface area contributed by atoms with E-state index in [1.54, 1.807) is 31.4 Å². The van der Waals surface area contributed by atoms with Crippen molar-refractivity contribution in [1.29, 1.82) is 0 Å². The van der Waals surface area contributed by atoms with E-state index in [2.05, 4.69) is 15.9 Å². The Morgan fingerprint density at radius 2 is 1.97 bits per heavy atom. The maximum absolute atomic E-state index is 13.9. The van der Waals surface area contributed by atoms with Gasteiger partial charge in [0, 0.05) is 26.8 Å². The fourth-order valence-corrected chi connectivity index (χ4v) is 3.85. The molecule has 3 aromatic rings. The van der Waals surface area contributed by atoms with E-state index in [-0.39, 0.29) is 30.0 Å². The summed E-state index contributed by atoms with van der Waals surface area (Å²) in [5.74, 6) is -1.95. The number of benzene rings is 2. The minimum absolute atomic E-state index is 0.0128. The third-order valence-electron chi connectivity index (χ3n) is 4.99. The van der Waals surface area contributed by atoms with E-state index in [4.69, 9.17) is 18.6 Å². The van der Waals surface area contributed by atoms with Gasteiger partial charge >= 0.3 is 6.18 Å². The first kappa shape index (κ1) is 22.6. The van der Waals surface area contributed by atoms with Gasteiger partial charge in [0.15, 0.2) is 0 Å². The molecule has 0 aliphatic carbocycles. The Kier molecular flexibility index (Phi) is 6.45.